The number of methoxy groups -OCH3 is 1. The fourth-order valence-corrected chi connectivity index (χ4v) is 1.66. The molecule has 0 atom stereocenters. The quantitative estimate of drug-likeness (QED) is 0.384. The molecular formula is C15H22F3N3O3. The zero-order valence-electron chi connectivity index (χ0n) is 13.4. The smallest absolute Gasteiger partial charge is 0.406 e. The van der Waals surface area contributed by atoms with Gasteiger partial charge in [-0.3, -0.25) is 0 Å². The molecule has 0 saturated carbocycles. The van der Waals surface area contributed by atoms with Gasteiger partial charge in [-0.25, -0.2) is 4.99 Å². The molecule has 0 bridgehead atoms. The average molecular weight is 349 g/mol. The Hall–Kier alpha value is -2.00. The second-order valence-corrected chi connectivity index (χ2v) is 4.78. The zero-order chi connectivity index (χ0) is 17.8. The van der Waals surface area contributed by atoms with Crippen LogP contribution in [0.15, 0.2) is 29.3 Å². The Labute approximate surface area is 138 Å². The standard InChI is InChI=1S/C15H22F3N3O3/c1-22-9-10-23-8-2-7-20-14(19)21-11-12-3-5-13(6-4-12)24-15(16,17)18/h3-6H,2,7-11H2,1H3,(H3,19,20,21). The topological polar surface area (TPSA) is 78.1 Å². The first-order chi connectivity index (χ1) is 11.4. The lowest BCUT2D eigenvalue weighted by molar-refractivity contribution is -0.274. The molecule has 1 aromatic carbocycles. The number of halogens is 3. The Bertz CT molecular complexity index is 493. The van der Waals surface area contributed by atoms with Gasteiger partial charge in [0, 0.05) is 20.3 Å². The molecule has 0 heterocycles. The molecule has 6 nitrogen and oxygen atoms in total. The highest BCUT2D eigenvalue weighted by Crippen LogP contribution is 2.22. The number of ether oxygens (including phenoxy) is 3. The normalized spacial score (nSPS) is 12.2. The van der Waals surface area contributed by atoms with E-state index in [4.69, 9.17) is 15.2 Å². The van der Waals surface area contributed by atoms with E-state index in [0.29, 0.717) is 26.4 Å². The summed E-state index contributed by atoms with van der Waals surface area (Å²) in [6, 6.07) is 5.47. The Morgan fingerprint density at radius 2 is 1.88 bits per heavy atom. The molecule has 0 spiro atoms. The number of nitrogens with one attached hydrogen (secondary N) is 1. The first-order valence-corrected chi connectivity index (χ1v) is 7.36. The molecule has 0 aromatic heterocycles. The highest BCUT2D eigenvalue weighted by molar-refractivity contribution is 5.77. The summed E-state index contributed by atoms with van der Waals surface area (Å²) in [5.41, 5.74) is 6.42. The van der Waals surface area contributed by atoms with E-state index in [1.165, 1.54) is 24.3 Å². The fraction of sp³-hybridized carbons (Fsp3) is 0.533. The Morgan fingerprint density at radius 1 is 1.17 bits per heavy atom. The Morgan fingerprint density at radius 3 is 2.50 bits per heavy atom. The van der Waals surface area contributed by atoms with Gasteiger partial charge in [0.05, 0.1) is 19.8 Å². The molecule has 0 aliphatic rings. The number of hydrogen-bond acceptors (Lipinski definition) is 4. The number of nitrogens with two attached hydrogens (primary N) is 1. The van der Waals surface area contributed by atoms with Crippen LogP contribution in [0.1, 0.15) is 12.0 Å². The predicted octanol–water partition coefficient (Wildman–Crippen LogP) is 2.04. The van der Waals surface area contributed by atoms with Crippen molar-refractivity contribution in [2.45, 2.75) is 19.3 Å². The molecule has 0 aliphatic heterocycles. The molecule has 0 unspecified atom stereocenters. The minimum atomic E-state index is -4.69. The maximum atomic E-state index is 12.0. The van der Waals surface area contributed by atoms with Gasteiger partial charge in [-0.2, -0.15) is 0 Å². The van der Waals surface area contributed by atoms with Crippen LogP contribution >= 0.6 is 0 Å². The molecule has 0 saturated heterocycles. The molecule has 0 amide bonds. The number of guanidine groups is 1. The number of hydrogen-bond donors (Lipinski definition) is 2. The number of benzene rings is 1. The number of aliphatic imine (C=N–C) groups is 1. The molecule has 9 heteroatoms. The van der Waals surface area contributed by atoms with Gasteiger partial charge in [-0.1, -0.05) is 12.1 Å². The van der Waals surface area contributed by atoms with Crippen LogP contribution in [0.3, 0.4) is 0 Å². The van der Waals surface area contributed by atoms with Crippen LogP contribution in [0.2, 0.25) is 0 Å². The van der Waals surface area contributed by atoms with Crippen LogP contribution in [0.25, 0.3) is 0 Å². The third-order valence-electron chi connectivity index (χ3n) is 2.79. The molecule has 136 valence electrons. The molecule has 1 rings (SSSR count). The van der Waals surface area contributed by atoms with E-state index >= 15 is 0 Å². The van der Waals surface area contributed by atoms with Crippen molar-refractivity contribution in [3.05, 3.63) is 29.8 Å². The molecule has 0 aliphatic carbocycles. The largest absolute Gasteiger partial charge is 0.573 e. The van der Waals surface area contributed by atoms with Gasteiger partial charge >= 0.3 is 6.36 Å². The highest BCUT2D eigenvalue weighted by Gasteiger charge is 2.30. The summed E-state index contributed by atoms with van der Waals surface area (Å²) < 4.78 is 50.1. The highest BCUT2D eigenvalue weighted by atomic mass is 19.4. The van der Waals surface area contributed by atoms with Gasteiger partial charge in [0.15, 0.2) is 5.96 Å². The molecule has 0 radical (unpaired) electrons. The van der Waals surface area contributed by atoms with Crippen molar-refractivity contribution in [2.24, 2.45) is 10.7 Å². The molecule has 24 heavy (non-hydrogen) atoms. The van der Waals surface area contributed by atoms with Crippen LogP contribution in [-0.2, 0) is 16.0 Å². The van der Waals surface area contributed by atoms with E-state index in [1.807, 2.05) is 0 Å². The minimum absolute atomic E-state index is 0.259. The maximum Gasteiger partial charge on any atom is 0.573 e. The fourth-order valence-electron chi connectivity index (χ4n) is 1.66. The van der Waals surface area contributed by atoms with E-state index in [9.17, 15) is 13.2 Å². The second kappa shape index (κ2) is 10.7. The Balaban J connectivity index is 2.24. The number of rotatable bonds is 10. The van der Waals surface area contributed by atoms with Crippen LogP contribution in [-0.4, -0.2) is 45.8 Å². The summed E-state index contributed by atoms with van der Waals surface area (Å²) in [5.74, 6) is -0.00249. The van der Waals surface area contributed by atoms with Gasteiger partial charge in [0.25, 0.3) is 0 Å². The van der Waals surface area contributed by atoms with Crippen molar-refractivity contribution < 1.29 is 27.4 Å². The summed E-state index contributed by atoms with van der Waals surface area (Å²) in [5, 5.41) is 2.93. The molecule has 1 aromatic rings. The minimum Gasteiger partial charge on any atom is -0.406 e. The SMILES string of the molecule is COCCOCCCNC(N)=NCc1ccc(OC(F)(F)F)cc1. The van der Waals surface area contributed by atoms with Gasteiger partial charge in [0.2, 0.25) is 0 Å². The summed E-state index contributed by atoms with van der Waals surface area (Å²) in [6.45, 7) is 2.57. The van der Waals surface area contributed by atoms with Crippen LogP contribution < -0.4 is 15.8 Å². The summed E-state index contributed by atoms with van der Waals surface area (Å²) >= 11 is 0. The number of alkyl halides is 3. The summed E-state index contributed by atoms with van der Waals surface area (Å²) in [4.78, 5) is 4.11. The van der Waals surface area contributed by atoms with E-state index in [0.717, 1.165) is 12.0 Å². The maximum absolute atomic E-state index is 12.0. The third-order valence-corrected chi connectivity index (χ3v) is 2.79. The van der Waals surface area contributed by atoms with Gasteiger partial charge in [-0.05, 0) is 24.1 Å². The molecule has 0 fully saturated rings. The van der Waals surface area contributed by atoms with Crippen LogP contribution in [0.4, 0.5) is 13.2 Å². The van der Waals surface area contributed by atoms with E-state index in [2.05, 4.69) is 15.0 Å². The van der Waals surface area contributed by atoms with Crippen molar-refractivity contribution >= 4 is 5.96 Å². The van der Waals surface area contributed by atoms with Crippen molar-refractivity contribution in [1.82, 2.24) is 5.32 Å². The van der Waals surface area contributed by atoms with E-state index < -0.39 is 6.36 Å². The lowest BCUT2D eigenvalue weighted by atomic mass is 10.2. The number of nitrogens with zero attached hydrogens (tertiary/aromatic N) is 1. The van der Waals surface area contributed by atoms with Crippen LogP contribution in [0.5, 0.6) is 5.75 Å². The van der Waals surface area contributed by atoms with E-state index in [1.54, 1.807) is 7.11 Å². The average Bonchev–Trinajstić information content (AvgIpc) is 2.52. The first-order valence-electron chi connectivity index (χ1n) is 7.36. The van der Waals surface area contributed by atoms with Gasteiger partial charge in [-0.15, -0.1) is 13.2 Å². The van der Waals surface area contributed by atoms with Gasteiger partial charge in [0.1, 0.15) is 5.75 Å². The third kappa shape index (κ3) is 9.90. The molecular weight excluding hydrogens is 327 g/mol. The monoisotopic (exact) mass is 349 g/mol. The summed E-state index contributed by atoms with van der Waals surface area (Å²) in [6.07, 6.45) is -3.93. The molecule has 3 N–H and O–H groups in total. The Kier molecular flexibility index (Phi) is 8.95. The van der Waals surface area contributed by atoms with Crippen molar-refractivity contribution in [1.29, 1.82) is 0 Å². The first kappa shape index (κ1) is 20.0. The predicted molar refractivity (Wildman–Crippen MR) is 83.8 cm³/mol. The zero-order valence-corrected chi connectivity index (χ0v) is 13.4. The van der Waals surface area contributed by atoms with Gasteiger partial charge < -0.3 is 25.3 Å². The van der Waals surface area contributed by atoms with E-state index in [-0.39, 0.29) is 18.3 Å². The van der Waals surface area contributed by atoms with Crippen molar-refractivity contribution in [3.63, 3.8) is 0 Å². The lowest BCUT2D eigenvalue weighted by Crippen LogP contribution is -2.32. The van der Waals surface area contributed by atoms with Crippen LogP contribution in [0, 0.1) is 0 Å². The van der Waals surface area contributed by atoms with Crippen molar-refractivity contribution in [3.8, 4) is 5.75 Å². The lowest BCUT2D eigenvalue weighted by Gasteiger charge is -2.09. The second-order valence-electron chi connectivity index (χ2n) is 4.78. The van der Waals surface area contributed by atoms with Crippen molar-refractivity contribution in [2.75, 3.05) is 33.5 Å². The summed E-state index contributed by atoms with van der Waals surface area (Å²) in [7, 11) is 1.61.